The van der Waals surface area contributed by atoms with Crippen LogP contribution in [0.3, 0.4) is 0 Å². The summed E-state index contributed by atoms with van der Waals surface area (Å²) in [7, 11) is 0. The molecule has 0 fully saturated rings. The van der Waals surface area contributed by atoms with Crippen LogP contribution >= 0.6 is 0 Å². The topological polar surface area (TPSA) is 88.3 Å². The van der Waals surface area contributed by atoms with Gasteiger partial charge in [-0.05, 0) is 18.6 Å². The van der Waals surface area contributed by atoms with Crippen LogP contribution in [-0.4, -0.2) is 28.5 Å². The van der Waals surface area contributed by atoms with E-state index in [0.29, 0.717) is 18.1 Å². The minimum Gasteiger partial charge on any atom is -0.360 e. The molecule has 2 aromatic heterocycles. The number of pyridine rings is 1. The van der Waals surface area contributed by atoms with Crippen molar-refractivity contribution in [1.82, 2.24) is 15.5 Å². The van der Waals surface area contributed by atoms with E-state index in [0.717, 1.165) is 5.56 Å². The third-order valence-corrected chi connectivity index (χ3v) is 3.05. The van der Waals surface area contributed by atoms with E-state index in [4.69, 9.17) is 4.52 Å². The highest BCUT2D eigenvalue weighted by Gasteiger charge is 2.16. The Bertz CT molecular complexity index is 639. The summed E-state index contributed by atoms with van der Waals surface area (Å²) in [6.45, 7) is 3.84. The largest absolute Gasteiger partial charge is 0.360 e. The summed E-state index contributed by atoms with van der Waals surface area (Å²) in [6, 6.07) is 5.36. The maximum Gasteiger partial charge on any atom is 0.225 e. The molecule has 2 rings (SSSR count). The minimum atomic E-state index is -0.187. The Kier molecular flexibility index (Phi) is 5.24. The lowest BCUT2D eigenvalue weighted by molar-refractivity contribution is -0.121. The van der Waals surface area contributed by atoms with Crippen LogP contribution in [0.2, 0.25) is 0 Å². The number of rotatable bonds is 6. The van der Waals surface area contributed by atoms with Gasteiger partial charge in [0.1, 0.15) is 5.76 Å². The number of carbonyl (C=O) groups excluding carboxylic acids is 2. The average Bonchev–Trinajstić information content (AvgIpc) is 2.92. The fourth-order valence-corrected chi connectivity index (χ4v) is 1.92. The number of nitrogens with one attached hydrogen (secondary N) is 1. The zero-order chi connectivity index (χ0) is 15.9. The molecule has 0 bridgehead atoms. The molecule has 0 unspecified atom stereocenters. The second-order valence-corrected chi connectivity index (χ2v) is 4.85. The number of amides is 2. The Labute approximate surface area is 128 Å². The van der Waals surface area contributed by atoms with Crippen molar-refractivity contribution in [2.75, 3.05) is 11.4 Å². The summed E-state index contributed by atoms with van der Waals surface area (Å²) in [5.74, 6) is 0.705. The predicted octanol–water partition coefficient (Wildman–Crippen LogP) is 1.44. The molecule has 0 saturated carbocycles. The molecule has 0 saturated heterocycles. The number of nitrogens with zero attached hydrogens (tertiary/aromatic N) is 3. The number of aromatic nitrogens is 2. The van der Waals surface area contributed by atoms with E-state index >= 15 is 0 Å². The number of anilines is 1. The van der Waals surface area contributed by atoms with Crippen molar-refractivity contribution in [3.8, 4) is 0 Å². The van der Waals surface area contributed by atoms with Crippen LogP contribution in [0.4, 0.5) is 5.82 Å². The Morgan fingerprint density at radius 1 is 1.41 bits per heavy atom. The Morgan fingerprint density at radius 3 is 2.82 bits per heavy atom. The van der Waals surface area contributed by atoms with Crippen LogP contribution in [0.5, 0.6) is 0 Å². The van der Waals surface area contributed by atoms with Crippen LogP contribution in [0.1, 0.15) is 24.7 Å². The van der Waals surface area contributed by atoms with Crippen LogP contribution in [0, 0.1) is 6.92 Å². The van der Waals surface area contributed by atoms with Gasteiger partial charge in [-0.1, -0.05) is 11.2 Å². The summed E-state index contributed by atoms with van der Waals surface area (Å²) in [6.07, 6.45) is 3.56. The Hall–Kier alpha value is -2.70. The zero-order valence-corrected chi connectivity index (χ0v) is 12.6. The van der Waals surface area contributed by atoms with Gasteiger partial charge in [0.25, 0.3) is 0 Å². The molecule has 2 heterocycles. The molecule has 7 heteroatoms. The molecule has 7 nitrogen and oxygen atoms in total. The summed E-state index contributed by atoms with van der Waals surface area (Å²) in [5.41, 5.74) is 0.923. The van der Waals surface area contributed by atoms with Gasteiger partial charge in [0.2, 0.25) is 11.8 Å². The highest BCUT2D eigenvalue weighted by Crippen LogP contribution is 2.14. The van der Waals surface area contributed by atoms with Gasteiger partial charge in [-0.3, -0.25) is 19.5 Å². The SMILES string of the molecule is CC(=O)N(CCC(=O)NCc1cccnc1)c1cc(C)on1. The summed E-state index contributed by atoms with van der Waals surface area (Å²) in [5, 5.41) is 6.59. The molecule has 1 N–H and O–H groups in total. The number of carbonyl (C=O) groups is 2. The molecule has 22 heavy (non-hydrogen) atoms. The van der Waals surface area contributed by atoms with E-state index in [1.807, 2.05) is 12.1 Å². The lowest BCUT2D eigenvalue weighted by Gasteiger charge is -2.17. The predicted molar refractivity (Wildman–Crippen MR) is 80.0 cm³/mol. The normalized spacial score (nSPS) is 10.3. The number of hydrogen-bond donors (Lipinski definition) is 1. The molecular formula is C15H18N4O3. The van der Waals surface area contributed by atoms with Gasteiger partial charge >= 0.3 is 0 Å². The molecule has 2 aromatic rings. The maximum atomic E-state index is 11.9. The third kappa shape index (κ3) is 4.41. The van der Waals surface area contributed by atoms with Crippen LogP contribution in [0.15, 0.2) is 35.1 Å². The molecule has 0 aliphatic carbocycles. The molecule has 116 valence electrons. The molecule has 2 amide bonds. The van der Waals surface area contributed by atoms with Gasteiger partial charge in [-0.2, -0.15) is 0 Å². The highest BCUT2D eigenvalue weighted by molar-refractivity contribution is 5.91. The number of hydrogen-bond acceptors (Lipinski definition) is 5. The van der Waals surface area contributed by atoms with E-state index in [-0.39, 0.29) is 24.8 Å². The monoisotopic (exact) mass is 302 g/mol. The van der Waals surface area contributed by atoms with Crippen molar-refractivity contribution in [2.45, 2.75) is 26.8 Å². The standard InChI is InChI=1S/C15H18N4O3/c1-11-8-14(18-22-11)19(12(2)20)7-5-15(21)17-10-13-4-3-6-16-9-13/h3-4,6,8-9H,5,7,10H2,1-2H3,(H,17,21). The first-order valence-corrected chi connectivity index (χ1v) is 6.93. The van der Waals surface area contributed by atoms with Crippen molar-refractivity contribution >= 4 is 17.6 Å². The molecule has 0 radical (unpaired) electrons. The van der Waals surface area contributed by atoms with Crippen molar-refractivity contribution in [2.24, 2.45) is 0 Å². The van der Waals surface area contributed by atoms with Gasteiger partial charge in [0.05, 0.1) is 0 Å². The second-order valence-electron chi connectivity index (χ2n) is 4.85. The average molecular weight is 302 g/mol. The third-order valence-electron chi connectivity index (χ3n) is 3.05. The maximum absolute atomic E-state index is 11.9. The first-order valence-electron chi connectivity index (χ1n) is 6.93. The highest BCUT2D eigenvalue weighted by atomic mass is 16.5. The van der Waals surface area contributed by atoms with Gasteiger partial charge < -0.3 is 9.84 Å². The molecular weight excluding hydrogens is 284 g/mol. The van der Waals surface area contributed by atoms with E-state index < -0.39 is 0 Å². The molecule has 0 aliphatic rings. The Morgan fingerprint density at radius 2 is 2.23 bits per heavy atom. The van der Waals surface area contributed by atoms with Crippen LogP contribution in [0.25, 0.3) is 0 Å². The van der Waals surface area contributed by atoms with E-state index in [1.165, 1.54) is 11.8 Å². The quantitative estimate of drug-likeness (QED) is 0.872. The van der Waals surface area contributed by atoms with Crippen LogP contribution in [-0.2, 0) is 16.1 Å². The fourth-order valence-electron chi connectivity index (χ4n) is 1.92. The van der Waals surface area contributed by atoms with Gasteiger partial charge in [-0.15, -0.1) is 0 Å². The van der Waals surface area contributed by atoms with Gasteiger partial charge in [0, 0.05) is 44.9 Å². The zero-order valence-electron chi connectivity index (χ0n) is 12.6. The number of aryl methyl sites for hydroxylation is 1. The molecule has 0 spiro atoms. The Balaban J connectivity index is 1.84. The van der Waals surface area contributed by atoms with Gasteiger partial charge in [0.15, 0.2) is 5.82 Å². The first kappa shape index (κ1) is 15.7. The minimum absolute atomic E-state index is 0.143. The summed E-state index contributed by atoms with van der Waals surface area (Å²) >= 11 is 0. The van der Waals surface area contributed by atoms with Crippen molar-refractivity contribution in [3.05, 3.63) is 41.9 Å². The molecule has 0 aromatic carbocycles. The summed E-state index contributed by atoms with van der Waals surface area (Å²) < 4.78 is 4.96. The van der Waals surface area contributed by atoms with Crippen molar-refractivity contribution in [3.63, 3.8) is 0 Å². The molecule has 0 atom stereocenters. The fraction of sp³-hybridized carbons (Fsp3) is 0.333. The van der Waals surface area contributed by atoms with Crippen molar-refractivity contribution in [1.29, 1.82) is 0 Å². The summed E-state index contributed by atoms with van der Waals surface area (Å²) in [4.78, 5) is 28.9. The molecule has 0 aliphatic heterocycles. The van der Waals surface area contributed by atoms with E-state index in [1.54, 1.807) is 25.4 Å². The van der Waals surface area contributed by atoms with Crippen molar-refractivity contribution < 1.29 is 14.1 Å². The first-order chi connectivity index (χ1) is 10.6. The van der Waals surface area contributed by atoms with Gasteiger partial charge in [-0.25, -0.2) is 0 Å². The van der Waals surface area contributed by atoms with Crippen LogP contribution < -0.4 is 10.2 Å². The lowest BCUT2D eigenvalue weighted by atomic mass is 10.2. The second kappa shape index (κ2) is 7.35. The van der Waals surface area contributed by atoms with E-state index in [9.17, 15) is 9.59 Å². The smallest absolute Gasteiger partial charge is 0.225 e. The lowest BCUT2D eigenvalue weighted by Crippen LogP contribution is -2.34. The van der Waals surface area contributed by atoms with E-state index in [2.05, 4.69) is 15.5 Å².